The third-order valence-corrected chi connectivity index (χ3v) is 8.60. The molecule has 0 atom stereocenters. The van der Waals surface area contributed by atoms with E-state index < -0.39 is 0 Å². The highest BCUT2D eigenvalue weighted by molar-refractivity contribution is 6.19. The van der Waals surface area contributed by atoms with Crippen LogP contribution in [0.25, 0.3) is 49.4 Å². The molecule has 2 aliphatic rings. The van der Waals surface area contributed by atoms with Crippen LogP contribution < -0.4 is 0 Å². The Morgan fingerprint density at radius 2 is 1.02 bits per heavy atom. The molecule has 5 aromatic carbocycles. The van der Waals surface area contributed by atoms with Gasteiger partial charge in [-0.2, -0.15) is 0 Å². The molecule has 0 fully saturated rings. The minimum absolute atomic E-state index is 1.07. The molecule has 0 radical (unpaired) electrons. The van der Waals surface area contributed by atoms with Crippen molar-refractivity contribution in [2.75, 3.05) is 0 Å². The molecule has 40 heavy (non-hydrogen) atoms. The Labute approximate surface area is 237 Å². The molecule has 0 nitrogen and oxygen atoms in total. The zero-order valence-electron chi connectivity index (χ0n) is 23.4. The average Bonchev–Trinajstić information content (AvgIpc) is 3.01. The van der Waals surface area contributed by atoms with Crippen LogP contribution in [0.1, 0.15) is 42.4 Å². The smallest absolute Gasteiger partial charge is 0.00263 e. The molecule has 0 aromatic heterocycles. The summed E-state index contributed by atoms with van der Waals surface area (Å²) in [6.07, 6.45) is 16.1. The van der Waals surface area contributed by atoms with Gasteiger partial charge in [0, 0.05) is 0 Å². The Hall–Kier alpha value is -4.42. The second-order valence-electron chi connectivity index (χ2n) is 11.3. The minimum Gasteiger partial charge on any atom is -0.0842 e. The lowest BCUT2D eigenvalue weighted by Gasteiger charge is -2.23. The Bertz CT molecular complexity index is 1870. The fourth-order valence-electron chi connectivity index (χ4n) is 6.56. The van der Waals surface area contributed by atoms with Crippen LogP contribution in [0.2, 0.25) is 0 Å². The number of rotatable bonds is 4. The van der Waals surface area contributed by atoms with Crippen molar-refractivity contribution in [3.63, 3.8) is 0 Å². The van der Waals surface area contributed by atoms with Gasteiger partial charge in [0.1, 0.15) is 0 Å². The van der Waals surface area contributed by atoms with Crippen molar-refractivity contribution in [3.05, 3.63) is 149 Å². The molecular formula is C40H34. The molecule has 5 aromatic rings. The highest BCUT2D eigenvalue weighted by Gasteiger charge is 2.20. The van der Waals surface area contributed by atoms with E-state index in [2.05, 4.69) is 135 Å². The van der Waals surface area contributed by atoms with Gasteiger partial charge in [0.25, 0.3) is 0 Å². The molecule has 194 valence electrons. The maximum absolute atomic E-state index is 2.41. The van der Waals surface area contributed by atoms with Crippen LogP contribution in [0.3, 0.4) is 0 Å². The van der Waals surface area contributed by atoms with Crippen molar-refractivity contribution in [1.29, 1.82) is 0 Å². The van der Waals surface area contributed by atoms with Crippen molar-refractivity contribution < 1.29 is 0 Å². The second kappa shape index (κ2) is 10.3. The van der Waals surface area contributed by atoms with Gasteiger partial charge in [-0.3, -0.25) is 0 Å². The first-order valence-corrected chi connectivity index (χ1v) is 14.5. The molecular weight excluding hydrogens is 480 g/mol. The van der Waals surface area contributed by atoms with Crippen molar-refractivity contribution in [1.82, 2.24) is 0 Å². The minimum atomic E-state index is 1.07. The van der Waals surface area contributed by atoms with Gasteiger partial charge in [-0.05, 0) is 106 Å². The third kappa shape index (κ3) is 4.44. The van der Waals surface area contributed by atoms with Gasteiger partial charge in [-0.15, -0.1) is 0 Å². The van der Waals surface area contributed by atoms with E-state index in [1.54, 1.807) is 0 Å². The van der Waals surface area contributed by atoms with E-state index >= 15 is 0 Å². The quantitative estimate of drug-likeness (QED) is 0.209. The summed E-state index contributed by atoms with van der Waals surface area (Å²) in [5, 5.41) is 5.40. The normalized spacial score (nSPS) is 15.2. The van der Waals surface area contributed by atoms with Crippen LogP contribution in [-0.2, 0) is 0 Å². The monoisotopic (exact) mass is 514 g/mol. The molecule has 0 unspecified atom stereocenters. The van der Waals surface area contributed by atoms with Crippen LogP contribution in [0.4, 0.5) is 0 Å². The lowest BCUT2D eigenvalue weighted by molar-refractivity contribution is 0.906. The number of allylic oxidation sites excluding steroid dienone is 8. The van der Waals surface area contributed by atoms with Gasteiger partial charge in [0.05, 0.1) is 0 Å². The van der Waals surface area contributed by atoms with Crippen molar-refractivity contribution in [2.45, 2.75) is 39.5 Å². The van der Waals surface area contributed by atoms with Crippen molar-refractivity contribution in [3.8, 4) is 22.3 Å². The molecule has 0 bridgehead atoms. The zero-order valence-corrected chi connectivity index (χ0v) is 23.4. The maximum Gasteiger partial charge on any atom is -0.00263 e. The fourth-order valence-corrected chi connectivity index (χ4v) is 6.56. The standard InChI is InChI=1S/C40H34/c1-27-13-23-35-37(25-27)39(33-19-15-31(16-20-33)29-9-5-3-6-10-29)36-24-14-28(2)26-38(36)40(35)34-21-17-32(18-22-34)30-11-7-4-8-12-30/h3-7,9-11,13-17,19-21,23-26H,8,12,18,22H2,1-2H3. The largest absolute Gasteiger partial charge is 0.0842 e. The predicted octanol–water partition coefficient (Wildman–Crippen LogP) is 11.3. The topological polar surface area (TPSA) is 0 Å². The lowest BCUT2D eigenvalue weighted by atomic mass is 9.81. The highest BCUT2D eigenvalue weighted by atomic mass is 14.2. The maximum atomic E-state index is 2.41. The Balaban J connectivity index is 1.44. The molecule has 0 saturated carbocycles. The summed E-state index contributed by atoms with van der Waals surface area (Å²) in [5.41, 5.74) is 13.6. The number of hydrogen-bond acceptors (Lipinski definition) is 0. The molecule has 0 N–H and O–H groups in total. The SMILES string of the molecule is Cc1ccc2c(-c3ccc(-c4ccccc4)cc3)c3cc(C)ccc3c(C3=CC=C(C4=CC=CCC4)CC3)c2c1. The number of fused-ring (bicyclic) bond motifs is 2. The summed E-state index contributed by atoms with van der Waals surface area (Å²) in [5.74, 6) is 0. The van der Waals surface area contributed by atoms with Crippen molar-refractivity contribution >= 4 is 27.1 Å². The molecule has 7 rings (SSSR count). The van der Waals surface area contributed by atoms with E-state index in [9.17, 15) is 0 Å². The Morgan fingerprint density at radius 1 is 0.450 bits per heavy atom. The number of hydrogen-bond donors (Lipinski definition) is 0. The first kappa shape index (κ1) is 24.6. The Kier molecular flexibility index (Phi) is 6.33. The second-order valence-corrected chi connectivity index (χ2v) is 11.3. The van der Waals surface area contributed by atoms with Gasteiger partial charge in [0.2, 0.25) is 0 Å². The van der Waals surface area contributed by atoms with Gasteiger partial charge >= 0.3 is 0 Å². The molecule has 0 amide bonds. The van der Waals surface area contributed by atoms with Crippen LogP contribution in [0, 0.1) is 13.8 Å². The van der Waals surface area contributed by atoms with Gasteiger partial charge < -0.3 is 0 Å². The zero-order chi connectivity index (χ0) is 27.1. The third-order valence-electron chi connectivity index (χ3n) is 8.60. The Morgan fingerprint density at radius 3 is 1.68 bits per heavy atom. The molecule has 0 heteroatoms. The fraction of sp³-hybridized carbons (Fsp3) is 0.150. The van der Waals surface area contributed by atoms with E-state index in [-0.39, 0.29) is 0 Å². The first-order valence-electron chi connectivity index (χ1n) is 14.5. The van der Waals surface area contributed by atoms with Gasteiger partial charge in [-0.1, -0.05) is 133 Å². The lowest BCUT2D eigenvalue weighted by Crippen LogP contribution is -2.00. The molecule has 0 spiro atoms. The van der Waals surface area contributed by atoms with Crippen LogP contribution in [0.5, 0.6) is 0 Å². The van der Waals surface area contributed by atoms with Crippen LogP contribution >= 0.6 is 0 Å². The van der Waals surface area contributed by atoms with Crippen molar-refractivity contribution in [2.24, 2.45) is 0 Å². The highest BCUT2D eigenvalue weighted by Crippen LogP contribution is 2.45. The summed E-state index contributed by atoms with van der Waals surface area (Å²) in [4.78, 5) is 0. The first-order chi connectivity index (χ1) is 19.7. The molecule has 0 aliphatic heterocycles. The summed E-state index contributed by atoms with van der Waals surface area (Å²) in [6, 6.07) is 33.8. The van der Waals surface area contributed by atoms with Crippen LogP contribution in [0.15, 0.2) is 133 Å². The van der Waals surface area contributed by atoms with E-state index in [1.165, 1.54) is 77.2 Å². The number of aryl methyl sites for hydroxylation is 2. The molecule has 2 aliphatic carbocycles. The van der Waals surface area contributed by atoms with E-state index in [0.29, 0.717) is 0 Å². The summed E-state index contributed by atoms with van der Waals surface area (Å²) in [6.45, 7) is 4.43. The molecule has 0 heterocycles. The van der Waals surface area contributed by atoms with Crippen LogP contribution in [-0.4, -0.2) is 0 Å². The summed E-state index contributed by atoms with van der Waals surface area (Å²) < 4.78 is 0. The number of benzene rings is 5. The predicted molar refractivity (Wildman–Crippen MR) is 174 cm³/mol. The van der Waals surface area contributed by atoms with E-state index in [1.807, 2.05) is 0 Å². The van der Waals surface area contributed by atoms with Gasteiger partial charge in [0.15, 0.2) is 0 Å². The van der Waals surface area contributed by atoms with E-state index in [4.69, 9.17) is 0 Å². The van der Waals surface area contributed by atoms with E-state index in [0.717, 1.165) is 25.7 Å². The summed E-state index contributed by atoms with van der Waals surface area (Å²) in [7, 11) is 0. The average molecular weight is 515 g/mol. The molecule has 0 saturated heterocycles. The van der Waals surface area contributed by atoms with Gasteiger partial charge in [-0.25, -0.2) is 0 Å². The summed E-state index contributed by atoms with van der Waals surface area (Å²) >= 11 is 0.